The van der Waals surface area contributed by atoms with Crippen molar-refractivity contribution >= 4 is 53.2 Å². The van der Waals surface area contributed by atoms with Crippen LogP contribution in [0.15, 0.2) is 30.3 Å². The lowest BCUT2D eigenvalue weighted by molar-refractivity contribution is -0.140. The van der Waals surface area contributed by atoms with Crippen LogP contribution in [0.1, 0.15) is 52.5 Å². The van der Waals surface area contributed by atoms with Crippen molar-refractivity contribution in [1.82, 2.24) is 42.1 Å². The Morgan fingerprint density at radius 2 is 1.32 bits per heavy atom. The van der Waals surface area contributed by atoms with E-state index in [4.69, 9.17) is 5.73 Å². The molecule has 2 fully saturated rings. The van der Waals surface area contributed by atoms with Crippen molar-refractivity contribution in [2.45, 2.75) is 95.7 Å². The van der Waals surface area contributed by atoms with Gasteiger partial charge in [0.25, 0.3) is 0 Å². The number of amides is 9. The maximum absolute atomic E-state index is 13.6. The normalized spacial score (nSPS) is 27.6. The van der Waals surface area contributed by atoms with Gasteiger partial charge in [0.05, 0.1) is 19.6 Å². The molecule has 19 nitrogen and oxygen atoms in total. The molecule has 1 aromatic rings. The quantitative estimate of drug-likeness (QED) is 0.136. The number of aliphatic hydroxyl groups excluding tert-OH is 1. The summed E-state index contributed by atoms with van der Waals surface area (Å²) in [5.74, 6) is -8.01. The van der Waals surface area contributed by atoms with Crippen LogP contribution in [-0.4, -0.2) is 125 Å². The predicted molar refractivity (Wildman–Crippen MR) is 187 cm³/mol. The van der Waals surface area contributed by atoms with Crippen LogP contribution in [0.4, 0.5) is 0 Å². The van der Waals surface area contributed by atoms with E-state index in [1.165, 1.54) is 18.7 Å². The first-order chi connectivity index (χ1) is 25.0. The average molecular weight is 744 g/mol. The van der Waals surface area contributed by atoms with E-state index in [-0.39, 0.29) is 19.4 Å². The summed E-state index contributed by atoms with van der Waals surface area (Å²) in [7, 11) is 0. The minimum Gasteiger partial charge on any atom is -0.394 e. The van der Waals surface area contributed by atoms with Crippen molar-refractivity contribution in [3.05, 3.63) is 35.9 Å². The van der Waals surface area contributed by atoms with Gasteiger partial charge in [-0.2, -0.15) is 0 Å². The molecule has 2 aliphatic rings. The molecule has 2 saturated heterocycles. The summed E-state index contributed by atoms with van der Waals surface area (Å²) in [6.07, 6.45) is 0.0317. The number of benzene rings is 1. The molecule has 0 unspecified atom stereocenters. The van der Waals surface area contributed by atoms with Gasteiger partial charge in [-0.25, -0.2) is 0 Å². The summed E-state index contributed by atoms with van der Waals surface area (Å²) in [5.41, 5.74) is 6.00. The van der Waals surface area contributed by atoms with Gasteiger partial charge in [-0.3, -0.25) is 43.2 Å². The summed E-state index contributed by atoms with van der Waals surface area (Å²) < 4.78 is 0. The Morgan fingerprint density at radius 1 is 0.755 bits per heavy atom. The molecule has 10 N–H and O–H groups in total. The van der Waals surface area contributed by atoms with Crippen LogP contribution in [0.2, 0.25) is 0 Å². The zero-order valence-corrected chi connectivity index (χ0v) is 30.1. The van der Waals surface area contributed by atoms with E-state index in [1.54, 1.807) is 44.2 Å². The van der Waals surface area contributed by atoms with E-state index in [0.717, 1.165) is 0 Å². The molecule has 0 radical (unpaired) electrons. The van der Waals surface area contributed by atoms with Gasteiger partial charge in [0, 0.05) is 13.0 Å². The van der Waals surface area contributed by atoms with E-state index in [0.29, 0.717) is 12.0 Å². The standard InChI is InChI=1S/C34H49N9O10/c1-17(2)27-34(53)41-23(16-44)30(49)36-15-26(46)43-12-8-11-24(43)33(52)40-21(13-20-9-6-5-7-10-20)31(50)37-18(3)28(47)39-22(14-25(35)45)32(51)38-19(4)29(48)42-27/h5-7,9-10,17-19,21-24,27,44H,8,11-16H2,1-4H3,(H2,35,45)(H,36,49)(H,37,50)(H,38,51)(H,39,47)(H,40,52)(H,41,53)(H,42,48)/t18-,19-,21-,22-,23-,24-,27-/m0/s1. The Hall–Kier alpha value is -5.59. The van der Waals surface area contributed by atoms with E-state index >= 15 is 0 Å². The van der Waals surface area contributed by atoms with Gasteiger partial charge in [-0.1, -0.05) is 44.2 Å². The van der Waals surface area contributed by atoms with Crippen molar-refractivity contribution in [3.63, 3.8) is 0 Å². The lowest BCUT2D eigenvalue weighted by Crippen LogP contribution is -2.61. The van der Waals surface area contributed by atoms with Crippen molar-refractivity contribution in [2.24, 2.45) is 11.7 Å². The number of aliphatic hydroxyl groups is 1. The van der Waals surface area contributed by atoms with E-state index in [2.05, 4.69) is 37.2 Å². The van der Waals surface area contributed by atoms with Crippen molar-refractivity contribution < 1.29 is 48.3 Å². The number of nitrogens with zero attached hydrogens (tertiary/aromatic N) is 1. The largest absolute Gasteiger partial charge is 0.394 e. The van der Waals surface area contributed by atoms with Gasteiger partial charge in [0.2, 0.25) is 53.2 Å². The van der Waals surface area contributed by atoms with Crippen LogP contribution in [0.5, 0.6) is 0 Å². The summed E-state index contributed by atoms with van der Waals surface area (Å²) in [5, 5.41) is 27.0. The number of nitrogens with one attached hydrogen (secondary N) is 7. The van der Waals surface area contributed by atoms with Crippen LogP contribution in [0.3, 0.4) is 0 Å². The highest BCUT2D eigenvalue weighted by molar-refractivity contribution is 5.99. The van der Waals surface area contributed by atoms with Crippen LogP contribution in [-0.2, 0) is 49.6 Å². The van der Waals surface area contributed by atoms with E-state index in [9.17, 15) is 48.3 Å². The Labute approximate surface area is 306 Å². The number of rotatable bonds is 6. The molecule has 290 valence electrons. The average Bonchev–Trinajstić information content (AvgIpc) is 3.61. The van der Waals surface area contributed by atoms with Crippen LogP contribution in [0, 0.1) is 5.92 Å². The lowest BCUT2D eigenvalue weighted by atomic mass is 10.0. The summed E-state index contributed by atoms with van der Waals surface area (Å²) in [4.78, 5) is 119. The molecular formula is C34H49N9O10. The number of hydrogen-bond acceptors (Lipinski definition) is 10. The molecule has 0 spiro atoms. The Balaban J connectivity index is 1.95. The zero-order chi connectivity index (χ0) is 39.4. The van der Waals surface area contributed by atoms with Gasteiger partial charge in [0.15, 0.2) is 0 Å². The minimum absolute atomic E-state index is 0.00205. The van der Waals surface area contributed by atoms with E-state index in [1.807, 2.05) is 0 Å². The first kappa shape index (κ1) is 41.8. The molecule has 7 atom stereocenters. The minimum atomic E-state index is -1.57. The number of carbonyl (C=O) groups is 9. The van der Waals surface area contributed by atoms with Crippen molar-refractivity contribution in [3.8, 4) is 0 Å². The summed E-state index contributed by atoms with van der Waals surface area (Å²) >= 11 is 0. The third-order valence-corrected chi connectivity index (χ3v) is 8.81. The maximum Gasteiger partial charge on any atom is 0.245 e. The first-order valence-electron chi connectivity index (χ1n) is 17.3. The Bertz CT molecular complexity index is 1560. The number of hydrogen-bond donors (Lipinski definition) is 9. The third kappa shape index (κ3) is 12.0. The smallest absolute Gasteiger partial charge is 0.245 e. The topological polar surface area (TPSA) is 287 Å². The molecule has 3 rings (SSSR count). The van der Waals surface area contributed by atoms with Crippen molar-refractivity contribution in [1.29, 1.82) is 0 Å². The molecule has 53 heavy (non-hydrogen) atoms. The highest BCUT2D eigenvalue weighted by atomic mass is 16.3. The molecule has 0 bridgehead atoms. The van der Waals surface area contributed by atoms with Gasteiger partial charge < -0.3 is 53.0 Å². The summed E-state index contributed by atoms with van der Waals surface area (Å²) in [6.45, 7) is 4.54. The van der Waals surface area contributed by atoms with Crippen LogP contribution in [0.25, 0.3) is 0 Å². The number of carbonyl (C=O) groups excluding carboxylic acids is 9. The Kier molecular flexibility index (Phi) is 15.2. The molecule has 2 heterocycles. The monoisotopic (exact) mass is 743 g/mol. The molecule has 9 amide bonds. The number of nitrogens with two attached hydrogens (primary N) is 1. The maximum atomic E-state index is 13.6. The van der Waals surface area contributed by atoms with E-state index < -0.39 is 121 Å². The fraction of sp³-hybridized carbons (Fsp3) is 0.559. The second-order valence-corrected chi connectivity index (χ2v) is 13.4. The summed E-state index contributed by atoms with van der Waals surface area (Å²) in [6, 6.07) is -0.487. The lowest BCUT2D eigenvalue weighted by Gasteiger charge is -2.28. The fourth-order valence-corrected chi connectivity index (χ4v) is 5.79. The molecule has 0 aromatic heterocycles. The SMILES string of the molecule is CC(C)[C@@H]1NC(=O)[C@H](C)NC(=O)[C@H](CC(N)=O)NC(=O)[C@H](C)NC(=O)[C@H](Cc2ccccc2)NC(=O)[C@@H]2CCCN2C(=O)CNC(=O)[C@H](CO)NC1=O. The van der Waals surface area contributed by atoms with Crippen molar-refractivity contribution in [2.75, 3.05) is 19.7 Å². The highest BCUT2D eigenvalue weighted by Gasteiger charge is 2.37. The number of fused-ring (bicyclic) bond motifs is 1. The molecule has 0 saturated carbocycles. The number of primary amides is 1. The highest BCUT2D eigenvalue weighted by Crippen LogP contribution is 2.18. The first-order valence-corrected chi connectivity index (χ1v) is 17.3. The third-order valence-electron chi connectivity index (χ3n) is 8.81. The van der Waals surface area contributed by atoms with Gasteiger partial charge >= 0.3 is 0 Å². The molecule has 0 aliphatic carbocycles. The van der Waals surface area contributed by atoms with Gasteiger partial charge in [-0.05, 0) is 38.2 Å². The van der Waals surface area contributed by atoms with Gasteiger partial charge in [-0.15, -0.1) is 0 Å². The second-order valence-electron chi connectivity index (χ2n) is 13.4. The van der Waals surface area contributed by atoms with Crippen LogP contribution < -0.4 is 43.0 Å². The molecule has 1 aromatic carbocycles. The molecule has 2 aliphatic heterocycles. The molecule has 19 heteroatoms. The second kappa shape index (κ2) is 19.3. The fourth-order valence-electron chi connectivity index (χ4n) is 5.79. The Morgan fingerprint density at radius 3 is 1.91 bits per heavy atom. The van der Waals surface area contributed by atoms with Gasteiger partial charge in [0.1, 0.15) is 42.3 Å². The van der Waals surface area contributed by atoms with Crippen LogP contribution >= 0.6 is 0 Å². The molecular weight excluding hydrogens is 694 g/mol. The predicted octanol–water partition coefficient (Wildman–Crippen LogP) is -4.18. The zero-order valence-electron chi connectivity index (χ0n) is 30.1.